The zero-order valence-electron chi connectivity index (χ0n) is 11.2. The molecule has 3 N–H and O–H groups in total. The third-order valence-electron chi connectivity index (χ3n) is 3.87. The van der Waals surface area contributed by atoms with Crippen molar-refractivity contribution in [2.45, 2.75) is 38.6 Å². The second-order valence-corrected chi connectivity index (χ2v) is 5.14. The van der Waals surface area contributed by atoms with Crippen molar-refractivity contribution in [1.29, 1.82) is 0 Å². The van der Waals surface area contributed by atoms with Gasteiger partial charge in [-0.15, -0.1) is 0 Å². The molecule has 0 heterocycles. The van der Waals surface area contributed by atoms with E-state index in [0.717, 1.165) is 44.5 Å². The molecule has 1 aromatic rings. The number of phenols is 1. The van der Waals surface area contributed by atoms with Gasteiger partial charge in [0.1, 0.15) is 5.75 Å². The highest BCUT2D eigenvalue weighted by Crippen LogP contribution is 2.30. The predicted octanol–water partition coefficient (Wildman–Crippen LogP) is 1.92. The number of rotatable bonds is 5. The van der Waals surface area contributed by atoms with Crippen molar-refractivity contribution < 1.29 is 5.11 Å². The molecule has 0 unspecified atom stereocenters. The summed E-state index contributed by atoms with van der Waals surface area (Å²) in [5.41, 5.74) is 8.16. The highest BCUT2D eigenvalue weighted by molar-refractivity contribution is 5.41. The van der Waals surface area contributed by atoms with E-state index in [2.05, 4.69) is 17.9 Å². The second kappa shape index (κ2) is 6.21. The van der Waals surface area contributed by atoms with Crippen LogP contribution in [-0.4, -0.2) is 35.7 Å². The number of hydrogen-bond donors (Lipinski definition) is 2. The molecule has 1 aromatic carbocycles. The van der Waals surface area contributed by atoms with Crippen molar-refractivity contribution in [3.8, 4) is 5.75 Å². The molecule has 100 valence electrons. The molecule has 18 heavy (non-hydrogen) atoms. The first-order valence-corrected chi connectivity index (χ1v) is 7.00. The molecule has 3 nitrogen and oxygen atoms in total. The minimum Gasteiger partial charge on any atom is -0.508 e. The molecule has 1 aliphatic rings. The summed E-state index contributed by atoms with van der Waals surface area (Å²) in [5.74, 6) is 0.465. The quantitative estimate of drug-likeness (QED) is 0.837. The summed E-state index contributed by atoms with van der Waals surface area (Å²) >= 11 is 0. The summed E-state index contributed by atoms with van der Waals surface area (Å²) in [5, 5.41) is 9.85. The van der Waals surface area contributed by atoms with Gasteiger partial charge in [0, 0.05) is 19.1 Å². The molecule has 0 radical (unpaired) electrons. The van der Waals surface area contributed by atoms with Gasteiger partial charge in [-0.1, -0.05) is 19.1 Å². The van der Waals surface area contributed by atoms with E-state index in [9.17, 15) is 5.11 Å². The Bertz CT molecular complexity index is 386. The van der Waals surface area contributed by atoms with E-state index >= 15 is 0 Å². The molecule has 3 heteroatoms. The molecule has 0 saturated carbocycles. The third kappa shape index (κ3) is 2.85. The van der Waals surface area contributed by atoms with Crippen LogP contribution >= 0.6 is 0 Å². The lowest BCUT2D eigenvalue weighted by atomic mass is 9.87. The van der Waals surface area contributed by atoms with Gasteiger partial charge in [-0.3, -0.25) is 4.90 Å². The first kappa shape index (κ1) is 13.4. The third-order valence-corrected chi connectivity index (χ3v) is 3.87. The van der Waals surface area contributed by atoms with Crippen LogP contribution in [0.25, 0.3) is 0 Å². The topological polar surface area (TPSA) is 49.5 Å². The van der Waals surface area contributed by atoms with Gasteiger partial charge < -0.3 is 10.8 Å². The fourth-order valence-corrected chi connectivity index (χ4v) is 3.01. The van der Waals surface area contributed by atoms with Crippen molar-refractivity contribution in [2.24, 2.45) is 5.73 Å². The van der Waals surface area contributed by atoms with Crippen LogP contribution in [0.15, 0.2) is 18.2 Å². The van der Waals surface area contributed by atoms with E-state index < -0.39 is 0 Å². The number of aromatic hydroxyl groups is 1. The maximum absolute atomic E-state index is 9.85. The summed E-state index contributed by atoms with van der Waals surface area (Å²) < 4.78 is 0. The van der Waals surface area contributed by atoms with Crippen molar-refractivity contribution in [1.82, 2.24) is 4.90 Å². The molecule has 0 aliphatic heterocycles. The van der Waals surface area contributed by atoms with E-state index in [-0.39, 0.29) is 0 Å². The summed E-state index contributed by atoms with van der Waals surface area (Å²) in [7, 11) is 0. The summed E-state index contributed by atoms with van der Waals surface area (Å²) in [6.45, 7) is 5.04. The molecule has 0 aromatic heterocycles. The second-order valence-electron chi connectivity index (χ2n) is 5.14. The van der Waals surface area contributed by atoms with Crippen LogP contribution in [0.4, 0.5) is 0 Å². The van der Waals surface area contributed by atoms with Crippen LogP contribution in [0.2, 0.25) is 0 Å². The Morgan fingerprint density at radius 3 is 2.94 bits per heavy atom. The number of fused-ring (bicyclic) bond motifs is 1. The Morgan fingerprint density at radius 2 is 2.22 bits per heavy atom. The van der Waals surface area contributed by atoms with Crippen LogP contribution in [0.3, 0.4) is 0 Å². The number of hydrogen-bond acceptors (Lipinski definition) is 3. The van der Waals surface area contributed by atoms with Crippen LogP contribution in [-0.2, 0) is 12.8 Å². The highest BCUT2D eigenvalue weighted by Gasteiger charge is 2.24. The van der Waals surface area contributed by atoms with Crippen LogP contribution in [0.5, 0.6) is 5.75 Å². The van der Waals surface area contributed by atoms with Crippen LogP contribution < -0.4 is 5.73 Å². The van der Waals surface area contributed by atoms with Gasteiger partial charge in [0.15, 0.2) is 0 Å². The zero-order chi connectivity index (χ0) is 13.0. The normalized spacial score (nSPS) is 18.9. The molecule has 0 amide bonds. The number of nitrogens with zero attached hydrogens (tertiary/aromatic N) is 1. The van der Waals surface area contributed by atoms with Gasteiger partial charge in [0.25, 0.3) is 0 Å². The molecule has 0 spiro atoms. The summed E-state index contributed by atoms with van der Waals surface area (Å²) in [6.07, 6.45) is 4.33. The molecule has 0 fully saturated rings. The first-order chi connectivity index (χ1) is 8.76. The summed E-state index contributed by atoms with van der Waals surface area (Å²) in [6, 6.07) is 6.48. The largest absolute Gasteiger partial charge is 0.508 e. The maximum atomic E-state index is 9.85. The van der Waals surface area contributed by atoms with Gasteiger partial charge in [-0.05, 0) is 49.4 Å². The minimum atomic E-state index is 0.465. The van der Waals surface area contributed by atoms with Gasteiger partial charge in [0.2, 0.25) is 0 Å². The number of nitrogens with two attached hydrogens (primary N) is 1. The summed E-state index contributed by atoms with van der Waals surface area (Å²) in [4.78, 5) is 2.51. The average Bonchev–Trinajstić information content (AvgIpc) is 2.38. The molecule has 1 aliphatic carbocycles. The Morgan fingerprint density at radius 1 is 1.39 bits per heavy atom. The zero-order valence-corrected chi connectivity index (χ0v) is 11.2. The lowest BCUT2D eigenvalue weighted by Crippen LogP contribution is -2.42. The Labute approximate surface area is 110 Å². The van der Waals surface area contributed by atoms with Crippen LogP contribution in [0, 0.1) is 0 Å². The fourth-order valence-electron chi connectivity index (χ4n) is 3.01. The van der Waals surface area contributed by atoms with Gasteiger partial charge in [-0.25, -0.2) is 0 Å². The van der Waals surface area contributed by atoms with Gasteiger partial charge in [0.05, 0.1) is 0 Å². The SMILES string of the molecule is CCCN(CCN)[C@H]1CCc2c(O)cccc2C1. The lowest BCUT2D eigenvalue weighted by molar-refractivity contribution is 0.184. The Hall–Kier alpha value is -1.06. The Kier molecular flexibility index (Phi) is 4.61. The van der Waals surface area contributed by atoms with Crippen molar-refractivity contribution in [2.75, 3.05) is 19.6 Å². The molecule has 0 bridgehead atoms. The number of phenolic OH excluding ortho intramolecular Hbond substituents is 1. The first-order valence-electron chi connectivity index (χ1n) is 7.00. The molecular formula is C15H24N2O. The minimum absolute atomic E-state index is 0.465. The molecule has 2 rings (SSSR count). The highest BCUT2D eigenvalue weighted by atomic mass is 16.3. The van der Waals surface area contributed by atoms with Crippen molar-refractivity contribution in [3.05, 3.63) is 29.3 Å². The predicted molar refractivity (Wildman–Crippen MR) is 74.8 cm³/mol. The lowest BCUT2D eigenvalue weighted by Gasteiger charge is -2.35. The standard InChI is InChI=1S/C15H24N2O/c1-2-9-17(10-8-16)13-6-7-14-12(11-13)4-3-5-15(14)18/h3-5,13,18H,2,6-11,16H2,1H3/t13-/m0/s1. The smallest absolute Gasteiger partial charge is 0.119 e. The monoisotopic (exact) mass is 248 g/mol. The van der Waals surface area contributed by atoms with Crippen molar-refractivity contribution >= 4 is 0 Å². The average molecular weight is 248 g/mol. The van der Waals surface area contributed by atoms with E-state index in [1.807, 2.05) is 6.07 Å². The van der Waals surface area contributed by atoms with Crippen molar-refractivity contribution in [3.63, 3.8) is 0 Å². The number of benzene rings is 1. The molecular weight excluding hydrogens is 224 g/mol. The van der Waals surface area contributed by atoms with E-state index in [0.29, 0.717) is 11.8 Å². The van der Waals surface area contributed by atoms with E-state index in [1.54, 1.807) is 6.07 Å². The van der Waals surface area contributed by atoms with Crippen LogP contribution in [0.1, 0.15) is 30.9 Å². The molecule has 0 saturated heterocycles. The maximum Gasteiger partial charge on any atom is 0.119 e. The molecule has 1 atom stereocenters. The van der Waals surface area contributed by atoms with E-state index in [4.69, 9.17) is 5.73 Å². The Balaban J connectivity index is 2.10. The fraction of sp³-hybridized carbons (Fsp3) is 0.600. The van der Waals surface area contributed by atoms with Gasteiger partial charge in [-0.2, -0.15) is 0 Å². The van der Waals surface area contributed by atoms with E-state index in [1.165, 1.54) is 12.0 Å². The van der Waals surface area contributed by atoms with Gasteiger partial charge >= 0.3 is 0 Å².